The van der Waals surface area contributed by atoms with Gasteiger partial charge in [-0.25, -0.2) is 5.43 Å². The summed E-state index contributed by atoms with van der Waals surface area (Å²) in [7, 11) is 0. The van der Waals surface area contributed by atoms with Crippen LogP contribution in [0.4, 0.5) is 0 Å². The molecule has 1 aromatic carbocycles. The molecule has 20 heavy (non-hydrogen) atoms. The molecule has 2 N–H and O–H groups in total. The number of benzene rings is 1. The molecule has 1 aromatic heterocycles. The van der Waals surface area contributed by atoms with Crippen LogP contribution in [0.25, 0.3) is 0 Å². The highest BCUT2D eigenvalue weighted by Gasteiger charge is 2.16. The van der Waals surface area contributed by atoms with Crippen LogP contribution in [-0.4, -0.2) is 16.7 Å². The van der Waals surface area contributed by atoms with Crippen LogP contribution in [0.1, 0.15) is 23.5 Å². The van der Waals surface area contributed by atoms with Crippen molar-refractivity contribution in [1.82, 2.24) is 5.43 Å². The van der Waals surface area contributed by atoms with Crippen molar-refractivity contribution in [2.75, 3.05) is 0 Å². The quantitative estimate of drug-likeness (QED) is 0.656. The van der Waals surface area contributed by atoms with E-state index in [2.05, 4.69) is 26.5 Å². The molecule has 0 radical (unpaired) electrons. The van der Waals surface area contributed by atoms with Gasteiger partial charge in [-0.1, -0.05) is 30.3 Å². The van der Waals surface area contributed by atoms with E-state index in [1.807, 2.05) is 18.2 Å². The average Bonchev–Trinajstić information content (AvgIpc) is 2.91. The van der Waals surface area contributed by atoms with Crippen LogP contribution in [0.5, 0.6) is 0 Å². The molecule has 0 unspecified atom stereocenters. The normalized spacial score (nSPS) is 13.1. The zero-order valence-electron chi connectivity index (χ0n) is 10.7. The van der Waals surface area contributed by atoms with E-state index in [0.29, 0.717) is 11.3 Å². The van der Waals surface area contributed by atoms with Crippen LogP contribution in [-0.2, 0) is 4.79 Å². The minimum atomic E-state index is -1.22. The molecule has 0 saturated carbocycles. The summed E-state index contributed by atoms with van der Waals surface area (Å²) >= 11 is 4.89. The van der Waals surface area contributed by atoms with Gasteiger partial charge in [-0.2, -0.15) is 5.10 Å². The van der Waals surface area contributed by atoms with E-state index < -0.39 is 12.0 Å². The molecule has 0 spiro atoms. The van der Waals surface area contributed by atoms with E-state index in [0.717, 1.165) is 8.66 Å². The SMILES string of the molecule is C/C(=N/NC(=O)[C@@H](O)c1ccccc1)c1ccc(Br)s1. The summed E-state index contributed by atoms with van der Waals surface area (Å²) in [6.45, 7) is 1.80. The number of carbonyl (C=O) groups excluding carboxylic acids is 1. The maximum atomic E-state index is 11.8. The Labute approximate surface area is 129 Å². The Kier molecular flexibility index (Phi) is 5.05. The van der Waals surface area contributed by atoms with Gasteiger partial charge in [0, 0.05) is 0 Å². The third-order valence-corrected chi connectivity index (χ3v) is 4.36. The molecule has 0 aliphatic rings. The van der Waals surface area contributed by atoms with Gasteiger partial charge < -0.3 is 5.11 Å². The maximum Gasteiger partial charge on any atom is 0.273 e. The fourth-order valence-electron chi connectivity index (χ4n) is 1.55. The molecule has 1 heterocycles. The predicted molar refractivity (Wildman–Crippen MR) is 83.8 cm³/mol. The van der Waals surface area contributed by atoms with E-state index in [1.54, 1.807) is 31.2 Å². The summed E-state index contributed by atoms with van der Waals surface area (Å²) in [4.78, 5) is 12.8. The maximum absolute atomic E-state index is 11.8. The number of nitrogens with one attached hydrogen (secondary N) is 1. The highest BCUT2D eigenvalue weighted by Crippen LogP contribution is 2.22. The third-order valence-electron chi connectivity index (χ3n) is 2.63. The summed E-state index contributed by atoms with van der Waals surface area (Å²) < 4.78 is 0.998. The molecule has 0 saturated heterocycles. The van der Waals surface area contributed by atoms with Crippen molar-refractivity contribution in [3.05, 3.63) is 56.7 Å². The number of carbonyl (C=O) groups is 1. The Bertz CT molecular complexity index is 625. The topological polar surface area (TPSA) is 61.7 Å². The monoisotopic (exact) mass is 352 g/mol. The van der Waals surface area contributed by atoms with Gasteiger partial charge in [0.2, 0.25) is 0 Å². The smallest absolute Gasteiger partial charge is 0.273 e. The van der Waals surface area contributed by atoms with Crippen molar-refractivity contribution in [3.8, 4) is 0 Å². The number of nitrogens with zero attached hydrogens (tertiary/aromatic N) is 1. The average molecular weight is 353 g/mol. The Morgan fingerprint density at radius 1 is 1.30 bits per heavy atom. The van der Waals surface area contributed by atoms with Crippen LogP contribution >= 0.6 is 27.3 Å². The van der Waals surface area contributed by atoms with Gasteiger partial charge in [0.05, 0.1) is 14.4 Å². The molecule has 1 atom stereocenters. The van der Waals surface area contributed by atoms with Crippen molar-refractivity contribution in [2.24, 2.45) is 5.10 Å². The highest BCUT2D eigenvalue weighted by atomic mass is 79.9. The van der Waals surface area contributed by atoms with E-state index in [9.17, 15) is 9.90 Å². The Balaban J connectivity index is 2.01. The minimum absolute atomic E-state index is 0.539. The second kappa shape index (κ2) is 6.78. The fraction of sp³-hybridized carbons (Fsp3) is 0.143. The zero-order valence-corrected chi connectivity index (χ0v) is 13.1. The van der Waals surface area contributed by atoms with Gasteiger partial charge in [0.25, 0.3) is 5.91 Å². The van der Waals surface area contributed by atoms with Crippen molar-refractivity contribution >= 4 is 38.9 Å². The minimum Gasteiger partial charge on any atom is -0.378 e. The van der Waals surface area contributed by atoms with E-state index in [4.69, 9.17) is 0 Å². The van der Waals surface area contributed by atoms with Gasteiger partial charge in [0.1, 0.15) is 0 Å². The molecule has 1 amide bonds. The number of aliphatic hydroxyl groups excluding tert-OH is 1. The summed E-state index contributed by atoms with van der Waals surface area (Å²) in [6, 6.07) is 12.6. The molecule has 0 bridgehead atoms. The number of hydrogen-bond donors (Lipinski definition) is 2. The number of amides is 1. The third kappa shape index (κ3) is 3.75. The van der Waals surface area contributed by atoms with Crippen molar-refractivity contribution in [2.45, 2.75) is 13.0 Å². The van der Waals surface area contributed by atoms with Crippen LogP contribution < -0.4 is 5.43 Å². The molecule has 2 aromatic rings. The number of hydrazone groups is 1. The second-order valence-corrected chi connectivity index (χ2v) is 6.55. The Morgan fingerprint density at radius 3 is 2.60 bits per heavy atom. The lowest BCUT2D eigenvalue weighted by Crippen LogP contribution is -2.26. The molecule has 0 fully saturated rings. The summed E-state index contributed by atoms with van der Waals surface area (Å²) in [5.74, 6) is -0.550. The molecular weight excluding hydrogens is 340 g/mol. The van der Waals surface area contributed by atoms with Crippen molar-refractivity contribution < 1.29 is 9.90 Å². The first-order valence-electron chi connectivity index (χ1n) is 5.91. The first-order chi connectivity index (χ1) is 9.58. The van der Waals surface area contributed by atoms with E-state index in [-0.39, 0.29) is 0 Å². The molecular formula is C14H13BrN2O2S. The Hall–Kier alpha value is -1.50. The van der Waals surface area contributed by atoms with Crippen LogP contribution in [0.3, 0.4) is 0 Å². The first kappa shape index (κ1) is 14.9. The number of aliphatic hydroxyl groups is 1. The number of halogens is 1. The van der Waals surface area contributed by atoms with Gasteiger partial charge in [-0.3, -0.25) is 4.79 Å². The zero-order chi connectivity index (χ0) is 14.5. The summed E-state index contributed by atoms with van der Waals surface area (Å²) in [5, 5.41) is 13.9. The Morgan fingerprint density at radius 2 is 2.00 bits per heavy atom. The van der Waals surface area contributed by atoms with E-state index in [1.165, 1.54) is 11.3 Å². The summed E-state index contributed by atoms with van der Waals surface area (Å²) in [6.07, 6.45) is -1.22. The summed E-state index contributed by atoms with van der Waals surface area (Å²) in [5.41, 5.74) is 3.61. The van der Waals surface area contributed by atoms with Gasteiger partial charge in [-0.05, 0) is 40.5 Å². The molecule has 6 heteroatoms. The standard InChI is InChI=1S/C14H13BrN2O2S/c1-9(11-7-8-12(15)20-11)16-17-14(19)13(18)10-5-3-2-4-6-10/h2-8,13,18H,1H3,(H,17,19)/b16-9-/t13-/m0/s1. The van der Waals surface area contributed by atoms with Gasteiger partial charge in [-0.15, -0.1) is 11.3 Å². The van der Waals surface area contributed by atoms with E-state index >= 15 is 0 Å². The van der Waals surface area contributed by atoms with Gasteiger partial charge in [0.15, 0.2) is 6.10 Å². The first-order valence-corrected chi connectivity index (χ1v) is 7.51. The molecule has 104 valence electrons. The number of rotatable bonds is 4. The number of hydrogen-bond acceptors (Lipinski definition) is 4. The lowest BCUT2D eigenvalue weighted by molar-refractivity contribution is -0.129. The molecule has 2 rings (SSSR count). The second-order valence-electron chi connectivity index (χ2n) is 4.09. The molecule has 0 aliphatic heterocycles. The predicted octanol–water partition coefficient (Wildman–Crippen LogP) is 3.08. The fourth-order valence-corrected chi connectivity index (χ4v) is 2.88. The lowest BCUT2D eigenvalue weighted by atomic mass is 10.1. The van der Waals surface area contributed by atoms with Crippen LogP contribution in [0.15, 0.2) is 51.4 Å². The van der Waals surface area contributed by atoms with Gasteiger partial charge >= 0.3 is 0 Å². The number of thiophene rings is 1. The highest BCUT2D eigenvalue weighted by molar-refractivity contribution is 9.11. The lowest BCUT2D eigenvalue weighted by Gasteiger charge is -2.09. The van der Waals surface area contributed by atoms with Crippen LogP contribution in [0, 0.1) is 0 Å². The molecule has 0 aliphatic carbocycles. The van der Waals surface area contributed by atoms with Crippen molar-refractivity contribution in [1.29, 1.82) is 0 Å². The largest absolute Gasteiger partial charge is 0.378 e. The van der Waals surface area contributed by atoms with Crippen LogP contribution in [0.2, 0.25) is 0 Å². The molecule has 4 nitrogen and oxygen atoms in total. The van der Waals surface area contributed by atoms with Crippen molar-refractivity contribution in [3.63, 3.8) is 0 Å².